The fraction of sp³-hybridized carbons (Fsp3) is 0.250. The van der Waals surface area contributed by atoms with Crippen molar-refractivity contribution in [2.45, 2.75) is 17.9 Å². The molecular formula is C16H19NO3S. The number of benzene rings is 2. The zero-order chi connectivity index (χ0) is 15.1. The highest BCUT2D eigenvalue weighted by atomic mass is 32.2. The van der Waals surface area contributed by atoms with Gasteiger partial charge in [0.25, 0.3) is 0 Å². The van der Waals surface area contributed by atoms with E-state index in [1.165, 1.54) is 0 Å². The normalized spacial score (nSPS) is 11.3. The third kappa shape index (κ3) is 4.58. The molecule has 2 aromatic rings. The van der Waals surface area contributed by atoms with Gasteiger partial charge in [-0.2, -0.15) is 0 Å². The van der Waals surface area contributed by atoms with Gasteiger partial charge in [-0.05, 0) is 36.2 Å². The maximum atomic E-state index is 12.1. The summed E-state index contributed by atoms with van der Waals surface area (Å²) >= 11 is 0. The largest absolute Gasteiger partial charge is 0.494 e. The van der Waals surface area contributed by atoms with E-state index >= 15 is 0 Å². The van der Waals surface area contributed by atoms with Crippen LogP contribution in [0.3, 0.4) is 0 Å². The molecule has 0 heterocycles. The summed E-state index contributed by atoms with van der Waals surface area (Å²) in [4.78, 5) is 0.357. The van der Waals surface area contributed by atoms with Crippen LogP contribution in [-0.2, 0) is 16.4 Å². The van der Waals surface area contributed by atoms with Gasteiger partial charge in [-0.25, -0.2) is 8.42 Å². The maximum absolute atomic E-state index is 12.1. The van der Waals surface area contributed by atoms with Gasteiger partial charge in [0.05, 0.1) is 17.3 Å². The lowest BCUT2D eigenvalue weighted by atomic mass is 10.2. The van der Waals surface area contributed by atoms with Gasteiger partial charge in [0.2, 0.25) is 0 Å². The van der Waals surface area contributed by atoms with Crippen LogP contribution < -0.4 is 10.5 Å². The van der Waals surface area contributed by atoms with E-state index < -0.39 is 9.84 Å². The first-order valence-corrected chi connectivity index (χ1v) is 8.47. The lowest BCUT2D eigenvalue weighted by Crippen LogP contribution is -2.10. The second-order valence-electron chi connectivity index (χ2n) is 4.69. The Labute approximate surface area is 125 Å². The number of ether oxygens (including phenoxy) is 1. The molecule has 0 saturated carbocycles. The van der Waals surface area contributed by atoms with Crippen molar-refractivity contribution >= 4 is 9.84 Å². The van der Waals surface area contributed by atoms with E-state index in [0.29, 0.717) is 24.5 Å². The van der Waals surface area contributed by atoms with Gasteiger partial charge >= 0.3 is 0 Å². The zero-order valence-corrected chi connectivity index (χ0v) is 12.6. The van der Waals surface area contributed by atoms with Gasteiger partial charge in [0.1, 0.15) is 5.75 Å². The third-order valence-corrected chi connectivity index (χ3v) is 4.88. The van der Waals surface area contributed by atoms with Crippen molar-refractivity contribution in [3.63, 3.8) is 0 Å². The summed E-state index contributed by atoms with van der Waals surface area (Å²) in [7, 11) is -3.23. The molecule has 2 N–H and O–H groups in total. The van der Waals surface area contributed by atoms with Crippen molar-refractivity contribution in [3.05, 3.63) is 60.2 Å². The van der Waals surface area contributed by atoms with E-state index in [9.17, 15) is 8.42 Å². The Morgan fingerprint density at radius 3 is 2.48 bits per heavy atom. The molecule has 0 bridgehead atoms. The molecule has 0 saturated heterocycles. The molecule has 112 valence electrons. The van der Waals surface area contributed by atoms with Gasteiger partial charge in [0.15, 0.2) is 9.84 Å². The Hall–Kier alpha value is -1.85. The van der Waals surface area contributed by atoms with Gasteiger partial charge in [0, 0.05) is 6.54 Å². The van der Waals surface area contributed by atoms with Crippen LogP contribution in [0.2, 0.25) is 0 Å². The molecule has 0 amide bonds. The van der Waals surface area contributed by atoms with Crippen LogP contribution in [-0.4, -0.2) is 20.8 Å². The number of hydrogen-bond acceptors (Lipinski definition) is 4. The van der Waals surface area contributed by atoms with Crippen LogP contribution in [0.5, 0.6) is 5.75 Å². The molecule has 4 nitrogen and oxygen atoms in total. The molecular weight excluding hydrogens is 286 g/mol. The molecule has 21 heavy (non-hydrogen) atoms. The van der Waals surface area contributed by atoms with Crippen molar-refractivity contribution in [2.75, 3.05) is 12.4 Å². The minimum Gasteiger partial charge on any atom is -0.494 e. The first-order chi connectivity index (χ1) is 10.1. The van der Waals surface area contributed by atoms with Crippen molar-refractivity contribution in [1.82, 2.24) is 0 Å². The Balaban J connectivity index is 1.84. The zero-order valence-electron chi connectivity index (χ0n) is 11.7. The van der Waals surface area contributed by atoms with E-state index in [2.05, 4.69) is 0 Å². The Kier molecular flexibility index (Phi) is 5.36. The van der Waals surface area contributed by atoms with Crippen LogP contribution in [0, 0.1) is 0 Å². The predicted molar refractivity (Wildman–Crippen MR) is 82.9 cm³/mol. The Morgan fingerprint density at radius 1 is 1.00 bits per heavy atom. The average Bonchev–Trinajstić information content (AvgIpc) is 2.53. The summed E-state index contributed by atoms with van der Waals surface area (Å²) in [6.07, 6.45) is 0.448. The van der Waals surface area contributed by atoms with Crippen molar-refractivity contribution < 1.29 is 13.2 Å². The minimum atomic E-state index is -3.23. The lowest BCUT2D eigenvalue weighted by molar-refractivity contribution is 0.317. The molecule has 0 atom stereocenters. The van der Waals surface area contributed by atoms with Crippen LogP contribution in [0.25, 0.3) is 0 Å². The number of hydrogen-bond donors (Lipinski definition) is 1. The van der Waals surface area contributed by atoms with E-state index in [1.54, 1.807) is 30.3 Å². The fourth-order valence-corrected chi connectivity index (χ4v) is 3.25. The summed E-state index contributed by atoms with van der Waals surface area (Å²) in [6.45, 7) is 0.819. The van der Waals surface area contributed by atoms with Crippen molar-refractivity contribution in [1.29, 1.82) is 0 Å². The number of sulfone groups is 1. The average molecular weight is 305 g/mol. The van der Waals surface area contributed by atoms with Crippen LogP contribution >= 0.6 is 0 Å². The van der Waals surface area contributed by atoms with E-state index in [0.717, 1.165) is 11.3 Å². The van der Waals surface area contributed by atoms with Gasteiger partial charge in [-0.3, -0.25) is 0 Å². The standard InChI is InChI=1S/C16H19NO3S/c17-13-14-6-4-7-15(12-14)20-10-5-11-21(18,19)16-8-2-1-3-9-16/h1-4,6-9,12H,5,10-11,13,17H2. The molecule has 0 aliphatic rings. The SMILES string of the molecule is NCc1cccc(OCCCS(=O)(=O)c2ccccc2)c1. The molecule has 0 aliphatic carbocycles. The molecule has 0 aliphatic heterocycles. The molecule has 0 unspecified atom stereocenters. The first kappa shape index (κ1) is 15.5. The molecule has 0 spiro atoms. The van der Waals surface area contributed by atoms with Crippen LogP contribution in [0.15, 0.2) is 59.5 Å². The van der Waals surface area contributed by atoms with Crippen LogP contribution in [0.4, 0.5) is 0 Å². The van der Waals surface area contributed by atoms with E-state index in [-0.39, 0.29) is 5.75 Å². The van der Waals surface area contributed by atoms with Crippen molar-refractivity contribution in [3.8, 4) is 5.75 Å². The van der Waals surface area contributed by atoms with E-state index in [4.69, 9.17) is 10.5 Å². The predicted octanol–water partition coefficient (Wildman–Crippen LogP) is 2.39. The molecule has 5 heteroatoms. The quantitative estimate of drug-likeness (QED) is 0.797. The maximum Gasteiger partial charge on any atom is 0.178 e. The highest BCUT2D eigenvalue weighted by Gasteiger charge is 2.13. The monoisotopic (exact) mass is 305 g/mol. The van der Waals surface area contributed by atoms with Crippen LogP contribution in [0.1, 0.15) is 12.0 Å². The summed E-state index contributed by atoms with van der Waals surface area (Å²) in [5.41, 5.74) is 6.55. The Bertz CT molecular complexity index is 669. The Morgan fingerprint density at radius 2 is 1.76 bits per heavy atom. The second-order valence-corrected chi connectivity index (χ2v) is 6.79. The molecule has 0 fully saturated rings. The summed E-state index contributed by atoms with van der Waals surface area (Å²) in [5.74, 6) is 0.795. The molecule has 2 rings (SSSR count). The van der Waals surface area contributed by atoms with Crippen molar-refractivity contribution in [2.24, 2.45) is 5.73 Å². The summed E-state index contributed by atoms with van der Waals surface area (Å²) < 4.78 is 29.7. The number of rotatable bonds is 7. The smallest absolute Gasteiger partial charge is 0.178 e. The summed E-state index contributed by atoms with van der Waals surface area (Å²) in [6, 6.07) is 16.0. The highest BCUT2D eigenvalue weighted by molar-refractivity contribution is 7.91. The first-order valence-electron chi connectivity index (χ1n) is 6.81. The van der Waals surface area contributed by atoms with Gasteiger partial charge in [-0.15, -0.1) is 0 Å². The topological polar surface area (TPSA) is 69.4 Å². The molecule has 0 radical (unpaired) electrons. The van der Waals surface area contributed by atoms with E-state index in [1.807, 2.05) is 24.3 Å². The number of nitrogens with two attached hydrogens (primary N) is 1. The molecule has 2 aromatic carbocycles. The highest BCUT2D eigenvalue weighted by Crippen LogP contribution is 2.14. The second kappa shape index (κ2) is 7.24. The van der Waals surface area contributed by atoms with Gasteiger partial charge < -0.3 is 10.5 Å². The lowest BCUT2D eigenvalue weighted by Gasteiger charge is -2.08. The van der Waals surface area contributed by atoms with Gasteiger partial charge in [-0.1, -0.05) is 30.3 Å². The summed E-state index contributed by atoms with van der Waals surface area (Å²) in [5, 5.41) is 0. The third-order valence-electron chi connectivity index (χ3n) is 3.06. The minimum absolute atomic E-state index is 0.0770. The fourth-order valence-electron chi connectivity index (χ4n) is 1.95. The molecule has 0 aromatic heterocycles.